The maximum atomic E-state index is 11.5. The quantitative estimate of drug-likeness (QED) is 0.491. The summed E-state index contributed by atoms with van der Waals surface area (Å²) < 4.78 is 6.78. The third kappa shape index (κ3) is 5.69. The Hall–Kier alpha value is -1.64. The smallest absolute Gasteiger partial charge is 0.253 e. The fourth-order valence-corrected chi connectivity index (χ4v) is 3.27. The molecule has 0 bridgehead atoms. The first kappa shape index (κ1) is 20.7. The Morgan fingerprint density at radius 1 is 1.35 bits per heavy atom. The van der Waals surface area contributed by atoms with Crippen molar-refractivity contribution in [2.45, 2.75) is 58.0 Å². The molecular formula is C18H29N3O4S. The Morgan fingerprint density at radius 3 is 2.81 bits per heavy atom. The molecule has 1 aliphatic rings. The summed E-state index contributed by atoms with van der Waals surface area (Å²) in [4.78, 5) is 14.7. The Balaban J connectivity index is 1.90. The Bertz CT molecular complexity index is 690. The molecule has 1 aliphatic heterocycles. The molecule has 26 heavy (non-hydrogen) atoms. The number of hydrogen-bond acceptors (Lipinski definition) is 6. The maximum Gasteiger partial charge on any atom is 0.253 e. The number of aliphatic hydroxyl groups is 1. The topological polar surface area (TPSA) is 87.0 Å². The molecule has 1 saturated heterocycles. The summed E-state index contributed by atoms with van der Waals surface area (Å²) in [6.45, 7) is 5.56. The van der Waals surface area contributed by atoms with Crippen molar-refractivity contribution >= 4 is 22.9 Å². The molecule has 0 aliphatic carbocycles. The van der Waals surface area contributed by atoms with Crippen molar-refractivity contribution in [1.29, 1.82) is 0 Å². The van der Waals surface area contributed by atoms with Gasteiger partial charge in [-0.15, -0.1) is 0 Å². The third-order valence-electron chi connectivity index (χ3n) is 4.65. The molecule has 1 fully saturated rings. The first-order valence-corrected chi connectivity index (χ1v) is 9.40. The van der Waals surface area contributed by atoms with Crippen LogP contribution in [0.3, 0.4) is 0 Å². The van der Waals surface area contributed by atoms with Crippen molar-refractivity contribution in [2.75, 3.05) is 18.4 Å². The van der Waals surface area contributed by atoms with Gasteiger partial charge in [0.25, 0.3) is 5.56 Å². The lowest BCUT2D eigenvalue weighted by Crippen LogP contribution is -2.39. The van der Waals surface area contributed by atoms with E-state index in [0.29, 0.717) is 6.42 Å². The number of aromatic nitrogens is 1. The zero-order valence-corrected chi connectivity index (χ0v) is 16.5. The summed E-state index contributed by atoms with van der Waals surface area (Å²) in [5, 5.41) is 22.8. The molecule has 7 nitrogen and oxygen atoms in total. The van der Waals surface area contributed by atoms with Crippen LogP contribution in [0.1, 0.15) is 46.0 Å². The molecule has 1 atom stereocenters. The van der Waals surface area contributed by atoms with Gasteiger partial charge in [-0.05, 0) is 45.6 Å². The maximum absolute atomic E-state index is 11.5. The number of nitrogens with zero attached hydrogens (tertiary/aromatic N) is 2. The van der Waals surface area contributed by atoms with Crippen LogP contribution < -0.4 is 10.9 Å². The number of likely N-dealkylation sites (tertiary alicyclic amines) is 1. The highest BCUT2D eigenvalue weighted by Crippen LogP contribution is 2.23. The molecule has 0 aromatic carbocycles. The van der Waals surface area contributed by atoms with E-state index in [1.807, 2.05) is 13.8 Å². The summed E-state index contributed by atoms with van der Waals surface area (Å²) in [6, 6.07) is 2.72. The van der Waals surface area contributed by atoms with Crippen LogP contribution in [0, 0.1) is 0 Å². The van der Waals surface area contributed by atoms with Gasteiger partial charge in [0.15, 0.2) is 0 Å². The Kier molecular flexibility index (Phi) is 7.02. The predicted molar refractivity (Wildman–Crippen MR) is 105 cm³/mol. The van der Waals surface area contributed by atoms with Gasteiger partial charge in [-0.1, -0.05) is 18.6 Å². The van der Waals surface area contributed by atoms with Gasteiger partial charge < -0.3 is 25.2 Å². The van der Waals surface area contributed by atoms with Crippen molar-refractivity contribution in [1.82, 2.24) is 9.47 Å². The zero-order valence-electron chi connectivity index (χ0n) is 15.7. The normalized spacial score (nSPS) is 17.1. The first-order valence-electron chi connectivity index (χ1n) is 8.99. The van der Waals surface area contributed by atoms with Gasteiger partial charge in [0, 0.05) is 26.2 Å². The SMILES string of the molecule is Cn1c(O)c(NC(O)OC(C)(C)CCN2CCCCCC2=S)ccc1=O. The van der Waals surface area contributed by atoms with Gasteiger partial charge >= 0.3 is 0 Å². The minimum absolute atomic E-state index is 0.226. The number of anilines is 1. The summed E-state index contributed by atoms with van der Waals surface area (Å²) >= 11 is 5.48. The molecule has 0 radical (unpaired) electrons. The van der Waals surface area contributed by atoms with Crippen molar-refractivity contribution in [3.05, 3.63) is 22.5 Å². The third-order valence-corrected chi connectivity index (χ3v) is 5.11. The van der Waals surface area contributed by atoms with Gasteiger partial charge in [0.1, 0.15) is 0 Å². The van der Waals surface area contributed by atoms with Crippen LogP contribution in [-0.2, 0) is 11.8 Å². The van der Waals surface area contributed by atoms with Crippen molar-refractivity contribution < 1.29 is 14.9 Å². The van der Waals surface area contributed by atoms with Gasteiger partial charge in [0.2, 0.25) is 12.3 Å². The van der Waals surface area contributed by atoms with E-state index < -0.39 is 12.0 Å². The second kappa shape index (κ2) is 8.83. The number of ether oxygens (including phenoxy) is 1. The largest absolute Gasteiger partial charge is 0.493 e. The fourth-order valence-electron chi connectivity index (χ4n) is 2.94. The average molecular weight is 384 g/mol. The van der Waals surface area contributed by atoms with Crippen LogP contribution in [0.4, 0.5) is 5.69 Å². The number of aliphatic hydroxyl groups excluding tert-OH is 1. The summed E-state index contributed by atoms with van der Waals surface area (Å²) in [6.07, 6.45) is 3.86. The molecule has 0 saturated carbocycles. The van der Waals surface area contributed by atoms with Crippen LogP contribution in [-0.4, -0.2) is 49.8 Å². The lowest BCUT2D eigenvalue weighted by atomic mass is 10.0. The van der Waals surface area contributed by atoms with E-state index in [2.05, 4.69) is 10.2 Å². The second-order valence-corrected chi connectivity index (χ2v) is 7.75. The van der Waals surface area contributed by atoms with E-state index in [0.717, 1.165) is 41.9 Å². The highest BCUT2D eigenvalue weighted by Gasteiger charge is 2.25. The molecule has 1 aromatic heterocycles. The zero-order chi connectivity index (χ0) is 19.3. The molecule has 146 valence electrons. The molecule has 0 amide bonds. The molecule has 2 rings (SSSR count). The molecule has 1 aromatic rings. The van der Waals surface area contributed by atoms with Gasteiger partial charge in [0.05, 0.1) is 16.3 Å². The monoisotopic (exact) mass is 383 g/mol. The Labute approximate surface area is 159 Å². The summed E-state index contributed by atoms with van der Waals surface area (Å²) in [5.74, 6) is -0.257. The molecular weight excluding hydrogens is 354 g/mol. The molecule has 2 heterocycles. The number of nitrogens with one attached hydrogen (secondary N) is 1. The summed E-state index contributed by atoms with van der Waals surface area (Å²) in [5.41, 5.74) is -0.703. The Morgan fingerprint density at radius 2 is 2.08 bits per heavy atom. The predicted octanol–water partition coefficient (Wildman–Crippen LogP) is 2.17. The van der Waals surface area contributed by atoms with E-state index in [9.17, 15) is 15.0 Å². The number of rotatable bonds is 7. The second-order valence-electron chi connectivity index (χ2n) is 7.28. The van der Waals surface area contributed by atoms with E-state index in [4.69, 9.17) is 17.0 Å². The lowest BCUT2D eigenvalue weighted by molar-refractivity contribution is -0.159. The average Bonchev–Trinajstić information content (AvgIpc) is 2.77. The van der Waals surface area contributed by atoms with Gasteiger partial charge in [-0.3, -0.25) is 9.36 Å². The highest BCUT2D eigenvalue weighted by molar-refractivity contribution is 7.80. The van der Waals surface area contributed by atoms with E-state index in [-0.39, 0.29) is 17.1 Å². The van der Waals surface area contributed by atoms with Crippen molar-refractivity contribution in [2.24, 2.45) is 7.05 Å². The number of aromatic hydroxyl groups is 1. The molecule has 0 spiro atoms. The number of pyridine rings is 1. The van der Waals surface area contributed by atoms with Crippen LogP contribution in [0.2, 0.25) is 0 Å². The fraction of sp³-hybridized carbons (Fsp3) is 0.667. The minimum Gasteiger partial charge on any atom is -0.493 e. The lowest BCUT2D eigenvalue weighted by Gasteiger charge is -2.32. The van der Waals surface area contributed by atoms with E-state index >= 15 is 0 Å². The van der Waals surface area contributed by atoms with Crippen LogP contribution in [0.15, 0.2) is 16.9 Å². The standard InChI is InChI=1S/C18H29N3O4S/c1-18(2,10-12-21-11-6-4-5-7-15(21)26)25-17(24)19-13-8-9-14(22)20(3)16(13)23/h8-9,17,19,23-24H,4-7,10-12H2,1-3H3. The minimum atomic E-state index is -1.32. The molecule has 1 unspecified atom stereocenters. The first-order chi connectivity index (χ1) is 12.2. The highest BCUT2D eigenvalue weighted by atomic mass is 32.1. The molecule has 3 N–H and O–H groups in total. The van der Waals surface area contributed by atoms with Crippen LogP contribution >= 0.6 is 12.2 Å². The van der Waals surface area contributed by atoms with E-state index in [1.54, 1.807) is 0 Å². The number of hydrogen-bond donors (Lipinski definition) is 3. The van der Waals surface area contributed by atoms with Crippen molar-refractivity contribution in [3.8, 4) is 5.88 Å². The molecule has 8 heteroatoms. The van der Waals surface area contributed by atoms with Crippen molar-refractivity contribution in [3.63, 3.8) is 0 Å². The summed E-state index contributed by atoms with van der Waals surface area (Å²) in [7, 11) is 1.45. The van der Waals surface area contributed by atoms with Crippen LogP contribution in [0.25, 0.3) is 0 Å². The van der Waals surface area contributed by atoms with Crippen LogP contribution in [0.5, 0.6) is 5.88 Å². The van der Waals surface area contributed by atoms with Gasteiger partial charge in [-0.25, -0.2) is 0 Å². The van der Waals surface area contributed by atoms with Gasteiger partial charge in [-0.2, -0.15) is 0 Å². The van der Waals surface area contributed by atoms with E-state index in [1.165, 1.54) is 25.6 Å². The number of thiocarbonyl (C=S) groups is 1.